The standard InChI is InChI=1S/C12H14N2O3/c15-8-10-4-1-5-11(13-10)9-3-2-6-14(7-9)12(16)17/h1,3-5,15H,2,6-8H2,(H,16,17). The largest absolute Gasteiger partial charge is 0.465 e. The van der Waals surface area contributed by atoms with Crippen molar-refractivity contribution in [2.45, 2.75) is 13.0 Å². The van der Waals surface area contributed by atoms with Crippen LogP contribution >= 0.6 is 0 Å². The second-order valence-electron chi connectivity index (χ2n) is 3.89. The van der Waals surface area contributed by atoms with E-state index in [1.807, 2.05) is 18.2 Å². The molecular weight excluding hydrogens is 220 g/mol. The molecule has 1 aromatic heterocycles. The van der Waals surface area contributed by atoms with Crippen molar-refractivity contribution < 1.29 is 15.0 Å². The second-order valence-corrected chi connectivity index (χ2v) is 3.89. The first kappa shape index (κ1) is 11.6. The minimum Gasteiger partial charge on any atom is -0.465 e. The minimum atomic E-state index is -0.908. The molecule has 0 bridgehead atoms. The molecule has 1 aliphatic heterocycles. The summed E-state index contributed by atoms with van der Waals surface area (Å²) >= 11 is 0. The van der Waals surface area contributed by atoms with E-state index in [2.05, 4.69) is 4.98 Å². The highest BCUT2D eigenvalue weighted by Gasteiger charge is 2.18. The lowest BCUT2D eigenvalue weighted by atomic mass is 10.1. The van der Waals surface area contributed by atoms with Crippen LogP contribution in [0.25, 0.3) is 5.57 Å². The van der Waals surface area contributed by atoms with Gasteiger partial charge in [0.25, 0.3) is 0 Å². The van der Waals surface area contributed by atoms with Crippen molar-refractivity contribution in [1.29, 1.82) is 0 Å². The lowest BCUT2D eigenvalue weighted by Gasteiger charge is -2.24. The molecule has 0 spiro atoms. The Kier molecular flexibility index (Phi) is 3.39. The Balaban J connectivity index is 2.21. The van der Waals surface area contributed by atoms with Gasteiger partial charge in [-0.05, 0) is 24.1 Å². The molecule has 0 aliphatic carbocycles. The van der Waals surface area contributed by atoms with Gasteiger partial charge in [0.05, 0.1) is 24.5 Å². The van der Waals surface area contributed by atoms with E-state index in [1.165, 1.54) is 4.90 Å². The van der Waals surface area contributed by atoms with Crippen molar-refractivity contribution >= 4 is 11.7 Å². The summed E-state index contributed by atoms with van der Waals surface area (Å²) in [6.45, 7) is 0.777. The van der Waals surface area contributed by atoms with Gasteiger partial charge >= 0.3 is 6.09 Å². The van der Waals surface area contributed by atoms with Gasteiger partial charge in [0, 0.05) is 6.54 Å². The molecule has 5 heteroatoms. The SMILES string of the molecule is O=C(O)N1CCC=C(c2cccc(CO)n2)C1. The first-order chi connectivity index (χ1) is 8.20. The van der Waals surface area contributed by atoms with Crippen molar-refractivity contribution in [3.05, 3.63) is 35.7 Å². The third-order valence-corrected chi connectivity index (χ3v) is 2.72. The molecule has 0 aromatic carbocycles. The normalized spacial score (nSPS) is 15.6. The number of carboxylic acid groups (broad SMARTS) is 1. The maximum Gasteiger partial charge on any atom is 0.407 e. The van der Waals surface area contributed by atoms with Gasteiger partial charge in [0.1, 0.15) is 0 Å². The minimum absolute atomic E-state index is 0.107. The van der Waals surface area contributed by atoms with E-state index in [-0.39, 0.29) is 6.61 Å². The Morgan fingerprint density at radius 2 is 2.29 bits per heavy atom. The van der Waals surface area contributed by atoms with Crippen LogP contribution < -0.4 is 0 Å². The van der Waals surface area contributed by atoms with Gasteiger partial charge in [0.2, 0.25) is 0 Å². The van der Waals surface area contributed by atoms with Crippen LogP contribution in [0.5, 0.6) is 0 Å². The fourth-order valence-electron chi connectivity index (χ4n) is 1.84. The molecule has 1 aromatic rings. The molecule has 1 amide bonds. The molecule has 2 N–H and O–H groups in total. The first-order valence-corrected chi connectivity index (χ1v) is 5.45. The molecule has 0 saturated heterocycles. The number of hydrogen-bond acceptors (Lipinski definition) is 3. The summed E-state index contributed by atoms with van der Waals surface area (Å²) in [5.41, 5.74) is 2.23. The number of aliphatic hydroxyl groups is 1. The van der Waals surface area contributed by atoms with Gasteiger partial charge in [-0.2, -0.15) is 0 Å². The van der Waals surface area contributed by atoms with Crippen LogP contribution in [-0.4, -0.2) is 39.3 Å². The van der Waals surface area contributed by atoms with Crippen LogP contribution in [0.15, 0.2) is 24.3 Å². The zero-order valence-corrected chi connectivity index (χ0v) is 9.33. The van der Waals surface area contributed by atoms with Crippen LogP contribution in [0.4, 0.5) is 4.79 Å². The third kappa shape index (κ3) is 2.62. The second kappa shape index (κ2) is 4.97. The predicted molar refractivity (Wildman–Crippen MR) is 62.4 cm³/mol. The Hall–Kier alpha value is -1.88. The monoisotopic (exact) mass is 234 g/mol. The smallest absolute Gasteiger partial charge is 0.407 e. The molecule has 0 saturated carbocycles. The van der Waals surface area contributed by atoms with Gasteiger partial charge in [-0.15, -0.1) is 0 Å². The number of aliphatic hydroxyl groups excluding tert-OH is 1. The third-order valence-electron chi connectivity index (χ3n) is 2.72. The van der Waals surface area contributed by atoms with Gasteiger partial charge in [-0.25, -0.2) is 4.79 Å². The van der Waals surface area contributed by atoms with Gasteiger partial charge in [-0.3, -0.25) is 4.98 Å². The van der Waals surface area contributed by atoms with Crippen molar-refractivity contribution in [2.24, 2.45) is 0 Å². The molecule has 90 valence electrons. The molecule has 0 radical (unpaired) electrons. The van der Waals surface area contributed by atoms with Gasteiger partial charge in [-0.1, -0.05) is 12.1 Å². The van der Waals surface area contributed by atoms with Crippen LogP contribution in [0, 0.1) is 0 Å². The molecule has 2 rings (SSSR count). The number of pyridine rings is 1. The molecule has 1 aliphatic rings. The maximum atomic E-state index is 10.9. The van der Waals surface area contributed by atoms with Crippen LogP contribution in [0.2, 0.25) is 0 Å². The molecule has 2 heterocycles. The molecule has 0 fully saturated rings. The van der Waals surface area contributed by atoms with E-state index in [0.717, 1.165) is 11.3 Å². The predicted octanol–water partition coefficient (Wildman–Crippen LogP) is 1.34. The number of carbonyl (C=O) groups is 1. The summed E-state index contributed by atoms with van der Waals surface area (Å²) in [6.07, 6.45) is 1.80. The quantitative estimate of drug-likeness (QED) is 0.809. The van der Waals surface area contributed by atoms with E-state index in [9.17, 15) is 4.79 Å². The van der Waals surface area contributed by atoms with E-state index in [0.29, 0.717) is 25.2 Å². The molecule has 5 nitrogen and oxygen atoms in total. The Bertz CT molecular complexity index is 457. The highest BCUT2D eigenvalue weighted by Crippen LogP contribution is 2.19. The topological polar surface area (TPSA) is 73.7 Å². The molecule has 0 unspecified atom stereocenters. The summed E-state index contributed by atoms with van der Waals surface area (Å²) in [6, 6.07) is 5.38. The first-order valence-electron chi connectivity index (χ1n) is 5.45. The van der Waals surface area contributed by atoms with E-state index in [4.69, 9.17) is 10.2 Å². The maximum absolute atomic E-state index is 10.9. The Morgan fingerprint density at radius 3 is 3.00 bits per heavy atom. The van der Waals surface area contributed by atoms with Crippen LogP contribution in [0.3, 0.4) is 0 Å². The summed E-state index contributed by atoms with van der Waals surface area (Å²) in [5, 5.41) is 18.0. The summed E-state index contributed by atoms with van der Waals surface area (Å²) in [4.78, 5) is 16.5. The zero-order valence-electron chi connectivity index (χ0n) is 9.33. The average molecular weight is 234 g/mol. The van der Waals surface area contributed by atoms with Gasteiger partial charge < -0.3 is 15.1 Å². The summed E-state index contributed by atoms with van der Waals surface area (Å²) in [7, 11) is 0. The van der Waals surface area contributed by atoms with Crippen LogP contribution in [0.1, 0.15) is 17.8 Å². The van der Waals surface area contributed by atoms with E-state index in [1.54, 1.807) is 6.07 Å². The summed E-state index contributed by atoms with van der Waals surface area (Å²) in [5.74, 6) is 0. The highest BCUT2D eigenvalue weighted by atomic mass is 16.4. The number of rotatable bonds is 2. The number of amides is 1. The van der Waals surface area contributed by atoms with Crippen molar-refractivity contribution in [3.8, 4) is 0 Å². The van der Waals surface area contributed by atoms with Crippen molar-refractivity contribution in [1.82, 2.24) is 9.88 Å². The molecular formula is C12H14N2O3. The lowest BCUT2D eigenvalue weighted by Crippen LogP contribution is -2.34. The number of aromatic nitrogens is 1. The zero-order chi connectivity index (χ0) is 12.3. The number of hydrogen-bond donors (Lipinski definition) is 2. The van der Waals surface area contributed by atoms with Crippen LogP contribution in [-0.2, 0) is 6.61 Å². The van der Waals surface area contributed by atoms with Gasteiger partial charge in [0.15, 0.2) is 0 Å². The lowest BCUT2D eigenvalue weighted by molar-refractivity contribution is 0.150. The van der Waals surface area contributed by atoms with Crippen molar-refractivity contribution in [2.75, 3.05) is 13.1 Å². The fourth-order valence-corrected chi connectivity index (χ4v) is 1.84. The average Bonchev–Trinajstić information content (AvgIpc) is 2.39. The Morgan fingerprint density at radius 1 is 1.47 bits per heavy atom. The molecule has 0 atom stereocenters. The summed E-state index contributed by atoms with van der Waals surface area (Å²) < 4.78 is 0. The highest BCUT2D eigenvalue weighted by molar-refractivity contribution is 5.72. The van der Waals surface area contributed by atoms with E-state index < -0.39 is 6.09 Å². The Labute approximate surface area is 99.0 Å². The molecule has 17 heavy (non-hydrogen) atoms. The van der Waals surface area contributed by atoms with E-state index >= 15 is 0 Å². The van der Waals surface area contributed by atoms with Crippen molar-refractivity contribution in [3.63, 3.8) is 0 Å². The number of nitrogens with zero attached hydrogens (tertiary/aromatic N) is 2. The fraction of sp³-hybridized carbons (Fsp3) is 0.333.